The third-order valence-corrected chi connectivity index (χ3v) is 1.77. The number of anilines is 1. The molecule has 2 N–H and O–H groups in total. The summed E-state index contributed by atoms with van der Waals surface area (Å²) in [5.74, 6) is -0.281. The van der Waals surface area contributed by atoms with Crippen molar-refractivity contribution in [3.8, 4) is 5.75 Å². The van der Waals surface area contributed by atoms with Crippen LogP contribution in [-0.2, 0) is 0 Å². The van der Waals surface area contributed by atoms with Crippen LogP contribution in [-0.4, -0.2) is 18.8 Å². The van der Waals surface area contributed by atoms with Crippen LogP contribution in [0.2, 0.25) is 0 Å². The van der Waals surface area contributed by atoms with Crippen molar-refractivity contribution in [2.24, 2.45) is 5.10 Å². The molecule has 0 aromatic heterocycles. The molecule has 0 aliphatic carbocycles. The number of ether oxygens (including phenoxy) is 1. The highest BCUT2D eigenvalue weighted by atomic mass is 19.4. The van der Waals surface area contributed by atoms with Crippen LogP contribution in [0.5, 0.6) is 5.75 Å². The van der Waals surface area contributed by atoms with Gasteiger partial charge in [-0.05, 0) is 30.7 Å². The molecule has 0 saturated carbocycles. The maximum atomic E-state index is 11.9. The summed E-state index contributed by atoms with van der Waals surface area (Å²) >= 11 is 0. The van der Waals surface area contributed by atoms with E-state index in [0.29, 0.717) is 11.3 Å². The van der Waals surface area contributed by atoms with E-state index in [1.165, 1.54) is 24.4 Å². The number of nitrogens with zero attached hydrogens (tertiary/aromatic N) is 1. The maximum absolute atomic E-state index is 11.9. The van der Waals surface area contributed by atoms with Crippen molar-refractivity contribution in [3.05, 3.63) is 23.8 Å². The molecule has 0 amide bonds. The van der Waals surface area contributed by atoms with Crippen molar-refractivity contribution in [2.45, 2.75) is 13.3 Å². The van der Waals surface area contributed by atoms with E-state index in [-0.39, 0.29) is 5.75 Å². The lowest BCUT2D eigenvalue weighted by molar-refractivity contribution is -0.274. The molecule has 0 aliphatic rings. The Morgan fingerprint density at radius 1 is 1.41 bits per heavy atom. The minimum Gasteiger partial charge on any atom is -0.406 e. The fourth-order valence-corrected chi connectivity index (χ4v) is 1.10. The number of rotatable bonds is 4. The third kappa shape index (κ3) is 4.54. The molecule has 0 atom stereocenters. The summed E-state index contributed by atoms with van der Waals surface area (Å²) in [6.45, 7) is 1.62. The predicted molar refractivity (Wildman–Crippen MR) is 58.8 cm³/mol. The number of hydrogen-bond acceptors (Lipinski definition) is 4. The average molecular weight is 245 g/mol. The lowest BCUT2D eigenvalue weighted by Crippen LogP contribution is -2.17. The van der Waals surface area contributed by atoms with Gasteiger partial charge in [0.05, 0.1) is 11.9 Å². The Balaban J connectivity index is 2.79. The smallest absolute Gasteiger partial charge is 0.406 e. The third-order valence-electron chi connectivity index (χ3n) is 1.77. The normalized spacial score (nSPS) is 11.5. The molecular weight excluding hydrogens is 235 g/mol. The van der Waals surface area contributed by atoms with Crippen molar-refractivity contribution >= 4 is 18.1 Å². The molecule has 0 bridgehead atoms. The monoisotopic (exact) mass is 245 g/mol. The van der Waals surface area contributed by atoms with E-state index in [2.05, 4.69) is 15.3 Å². The fraction of sp³-hybridized carbons (Fsp3) is 0.200. The van der Waals surface area contributed by atoms with Crippen LogP contribution in [0.25, 0.3) is 0 Å². The molecule has 1 aromatic rings. The highest BCUT2D eigenvalue weighted by molar-refractivity contribution is 6.14. The molecule has 0 spiro atoms. The van der Waals surface area contributed by atoms with Crippen LogP contribution in [0.1, 0.15) is 5.56 Å². The molecule has 7 heteroatoms. The van der Waals surface area contributed by atoms with E-state index >= 15 is 0 Å². The molecular formula is C10H10F3N3O. The first-order valence-electron chi connectivity index (χ1n) is 4.57. The summed E-state index contributed by atoms with van der Waals surface area (Å²) in [5, 5.41) is 10.3. The van der Waals surface area contributed by atoms with Gasteiger partial charge in [0.25, 0.3) is 0 Å². The van der Waals surface area contributed by atoms with Gasteiger partial charge in [-0.2, -0.15) is 5.10 Å². The zero-order valence-electron chi connectivity index (χ0n) is 8.88. The minimum absolute atomic E-state index is 0.281. The molecule has 4 nitrogen and oxygen atoms in total. The standard InChI is InChI=1S/C10H10F3N3O/c1-7-6-8(17-10(11,12)13)2-3-9(7)16-15-5-4-14/h2-6,14,16H,1H3/b14-4?,15-5-. The van der Waals surface area contributed by atoms with Crippen LogP contribution >= 0.6 is 0 Å². The number of halogens is 3. The van der Waals surface area contributed by atoms with Gasteiger partial charge in [-0.15, -0.1) is 13.2 Å². The van der Waals surface area contributed by atoms with Gasteiger partial charge in [-0.3, -0.25) is 5.43 Å². The van der Waals surface area contributed by atoms with Gasteiger partial charge in [0.1, 0.15) is 5.75 Å². The van der Waals surface area contributed by atoms with Gasteiger partial charge in [-0.1, -0.05) is 0 Å². The second-order valence-corrected chi connectivity index (χ2v) is 3.08. The zero-order valence-corrected chi connectivity index (χ0v) is 8.88. The topological polar surface area (TPSA) is 57.5 Å². The minimum atomic E-state index is -4.69. The maximum Gasteiger partial charge on any atom is 0.573 e. The number of aryl methyl sites for hydroxylation is 1. The van der Waals surface area contributed by atoms with E-state index in [4.69, 9.17) is 5.41 Å². The largest absolute Gasteiger partial charge is 0.573 e. The Morgan fingerprint density at radius 2 is 2.12 bits per heavy atom. The fourth-order valence-electron chi connectivity index (χ4n) is 1.10. The van der Waals surface area contributed by atoms with Crippen molar-refractivity contribution in [1.82, 2.24) is 0 Å². The van der Waals surface area contributed by atoms with E-state index in [9.17, 15) is 13.2 Å². The van der Waals surface area contributed by atoms with E-state index in [0.717, 1.165) is 6.21 Å². The highest BCUT2D eigenvalue weighted by Crippen LogP contribution is 2.26. The van der Waals surface area contributed by atoms with Crippen LogP contribution in [0.4, 0.5) is 18.9 Å². The van der Waals surface area contributed by atoms with E-state index in [1.807, 2.05) is 0 Å². The van der Waals surface area contributed by atoms with E-state index < -0.39 is 6.36 Å². The van der Waals surface area contributed by atoms with Gasteiger partial charge >= 0.3 is 6.36 Å². The summed E-state index contributed by atoms with van der Waals surface area (Å²) in [4.78, 5) is 0. The lowest BCUT2D eigenvalue weighted by atomic mass is 10.2. The first kappa shape index (κ1) is 13.0. The molecule has 1 rings (SSSR count). The van der Waals surface area contributed by atoms with Crippen LogP contribution in [0, 0.1) is 12.3 Å². The van der Waals surface area contributed by atoms with Crippen LogP contribution < -0.4 is 10.2 Å². The quantitative estimate of drug-likeness (QED) is 0.633. The lowest BCUT2D eigenvalue weighted by Gasteiger charge is -2.11. The molecule has 0 aliphatic heterocycles. The second-order valence-electron chi connectivity index (χ2n) is 3.08. The Morgan fingerprint density at radius 3 is 2.65 bits per heavy atom. The SMILES string of the molecule is Cc1cc(OC(F)(F)F)ccc1N/N=C\C=N. The molecule has 17 heavy (non-hydrogen) atoms. The number of hydrogen-bond donors (Lipinski definition) is 2. The predicted octanol–water partition coefficient (Wildman–Crippen LogP) is 2.94. The molecule has 0 radical (unpaired) electrons. The first-order valence-corrected chi connectivity index (χ1v) is 4.57. The summed E-state index contributed by atoms with van der Waals surface area (Å²) in [6.07, 6.45) is -2.51. The van der Waals surface area contributed by atoms with Crippen molar-refractivity contribution in [1.29, 1.82) is 5.41 Å². The van der Waals surface area contributed by atoms with Gasteiger partial charge in [0, 0.05) is 6.21 Å². The zero-order chi connectivity index (χ0) is 12.9. The summed E-state index contributed by atoms with van der Waals surface area (Å²) in [5.41, 5.74) is 3.67. The number of alkyl halides is 3. The Labute approximate surface area is 95.6 Å². The van der Waals surface area contributed by atoms with Crippen molar-refractivity contribution in [3.63, 3.8) is 0 Å². The molecule has 0 unspecified atom stereocenters. The number of nitrogens with one attached hydrogen (secondary N) is 2. The highest BCUT2D eigenvalue weighted by Gasteiger charge is 2.31. The molecule has 0 heterocycles. The van der Waals surface area contributed by atoms with E-state index in [1.54, 1.807) is 6.92 Å². The molecule has 92 valence electrons. The van der Waals surface area contributed by atoms with Gasteiger partial charge in [-0.25, -0.2) is 0 Å². The number of benzene rings is 1. The van der Waals surface area contributed by atoms with Gasteiger partial charge in [0.15, 0.2) is 0 Å². The molecule has 0 fully saturated rings. The van der Waals surface area contributed by atoms with Crippen molar-refractivity contribution in [2.75, 3.05) is 5.43 Å². The second kappa shape index (κ2) is 5.33. The Kier molecular flexibility index (Phi) is 4.08. The molecule has 1 aromatic carbocycles. The summed E-state index contributed by atoms with van der Waals surface area (Å²) < 4.78 is 39.6. The Bertz CT molecular complexity index is 429. The van der Waals surface area contributed by atoms with Crippen LogP contribution in [0.15, 0.2) is 23.3 Å². The molecule has 0 saturated heterocycles. The van der Waals surface area contributed by atoms with Crippen LogP contribution in [0.3, 0.4) is 0 Å². The van der Waals surface area contributed by atoms with Gasteiger partial charge < -0.3 is 10.1 Å². The summed E-state index contributed by atoms with van der Waals surface area (Å²) in [7, 11) is 0. The van der Waals surface area contributed by atoms with Gasteiger partial charge in [0.2, 0.25) is 0 Å². The van der Waals surface area contributed by atoms with Crippen molar-refractivity contribution < 1.29 is 17.9 Å². The first-order chi connectivity index (χ1) is 7.92. The Hall–Kier alpha value is -2.05. The number of hydrazone groups is 1. The summed E-state index contributed by atoms with van der Waals surface area (Å²) in [6, 6.07) is 3.84. The average Bonchev–Trinajstić information content (AvgIpc) is 2.19.